The first-order valence-electron chi connectivity index (χ1n) is 6.62. The largest absolute Gasteiger partial charge is 0.306 e. The van der Waals surface area contributed by atoms with E-state index in [-0.39, 0.29) is 0 Å². The number of halogens is 1. The molecular weight excluding hydrogens is 254 g/mol. The Labute approximate surface area is 120 Å². The fraction of sp³-hybridized carbons (Fsp3) is 0.294. The topological polar surface area (TPSA) is 12.0 Å². The lowest BCUT2D eigenvalue weighted by Crippen LogP contribution is -2.19. The van der Waals surface area contributed by atoms with Crippen molar-refractivity contribution in [1.82, 2.24) is 5.32 Å². The smallest absolute Gasteiger partial charge is 0.0453 e. The quantitative estimate of drug-likeness (QED) is 0.843. The van der Waals surface area contributed by atoms with Crippen LogP contribution in [0.15, 0.2) is 42.5 Å². The van der Waals surface area contributed by atoms with Gasteiger partial charge < -0.3 is 5.32 Å². The Hall–Kier alpha value is -1.31. The van der Waals surface area contributed by atoms with Crippen LogP contribution in [-0.4, -0.2) is 0 Å². The van der Waals surface area contributed by atoms with E-state index in [2.05, 4.69) is 62.5 Å². The maximum atomic E-state index is 6.25. The van der Waals surface area contributed by atoms with E-state index < -0.39 is 0 Å². The average Bonchev–Trinajstić information content (AvgIpc) is 2.38. The molecule has 2 rings (SSSR count). The molecule has 0 heterocycles. The third-order valence-electron chi connectivity index (χ3n) is 3.46. The van der Waals surface area contributed by atoms with Gasteiger partial charge in [-0.1, -0.05) is 48.0 Å². The molecule has 0 aliphatic carbocycles. The molecule has 19 heavy (non-hydrogen) atoms. The first kappa shape index (κ1) is 14.1. The van der Waals surface area contributed by atoms with E-state index in [4.69, 9.17) is 11.6 Å². The Kier molecular flexibility index (Phi) is 4.62. The summed E-state index contributed by atoms with van der Waals surface area (Å²) in [6.07, 6.45) is 0. The summed E-state index contributed by atoms with van der Waals surface area (Å²) in [6, 6.07) is 15.0. The van der Waals surface area contributed by atoms with Crippen molar-refractivity contribution >= 4 is 11.6 Å². The second kappa shape index (κ2) is 6.23. The first-order valence-corrected chi connectivity index (χ1v) is 6.99. The van der Waals surface area contributed by atoms with Gasteiger partial charge in [0.1, 0.15) is 0 Å². The van der Waals surface area contributed by atoms with Gasteiger partial charge in [-0.2, -0.15) is 0 Å². The van der Waals surface area contributed by atoms with Gasteiger partial charge in [-0.15, -0.1) is 0 Å². The molecule has 0 spiro atoms. The van der Waals surface area contributed by atoms with Crippen LogP contribution < -0.4 is 5.32 Å². The van der Waals surface area contributed by atoms with E-state index in [1.165, 1.54) is 16.7 Å². The van der Waals surface area contributed by atoms with Crippen LogP contribution in [0, 0.1) is 13.8 Å². The van der Waals surface area contributed by atoms with Gasteiger partial charge in [-0.05, 0) is 49.1 Å². The van der Waals surface area contributed by atoms with Gasteiger partial charge in [-0.3, -0.25) is 0 Å². The van der Waals surface area contributed by atoms with Crippen molar-refractivity contribution in [2.45, 2.75) is 33.4 Å². The summed E-state index contributed by atoms with van der Waals surface area (Å²) in [5, 5.41) is 4.37. The molecule has 100 valence electrons. The zero-order valence-electron chi connectivity index (χ0n) is 11.7. The van der Waals surface area contributed by atoms with Crippen LogP contribution in [0.25, 0.3) is 0 Å². The molecule has 2 aromatic carbocycles. The Bertz CT molecular complexity index is 563. The van der Waals surface area contributed by atoms with Crippen molar-refractivity contribution in [3.63, 3.8) is 0 Å². The Morgan fingerprint density at radius 1 is 1.11 bits per heavy atom. The molecule has 0 bridgehead atoms. The van der Waals surface area contributed by atoms with E-state index in [0.717, 1.165) is 17.1 Å². The molecule has 0 fully saturated rings. The van der Waals surface area contributed by atoms with Crippen molar-refractivity contribution in [3.05, 3.63) is 69.7 Å². The molecule has 0 radical (unpaired) electrons. The highest BCUT2D eigenvalue weighted by Gasteiger charge is 2.08. The predicted octanol–water partition coefficient (Wildman–Crippen LogP) is 4.81. The van der Waals surface area contributed by atoms with Crippen LogP contribution in [0.1, 0.15) is 35.2 Å². The third kappa shape index (κ3) is 3.59. The number of rotatable bonds is 4. The lowest BCUT2D eigenvalue weighted by Gasteiger charge is -2.17. The minimum Gasteiger partial charge on any atom is -0.306 e. The van der Waals surface area contributed by atoms with Gasteiger partial charge in [-0.25, -0.2) is 0 Å². The molecule has 0 saturated heterocycles. The summed E-state index contributed by atoms with van der Waals surface area (Å²) < 4.78 is 0. The zero-order chi connectivity index (χ0) is 13.8. The predicted molar refractivity (Wildman–Crippen MR) is 82.6 cm³/mol. The highest BCUT2D eigenvalue weighted by Crippen LogP contribution is 2.20. The van der Waals surface area contributed by atoms with Crippen molar-refractivity contribution in [2.75, 3.05) is 0 Å². The number of hydrogen-bond donors (Lipinski definition) is 1. The molecule has 1 N–H and O–H groups in total. The first-order chi connectivity index (χ1) is 9.08. The molecular formula is C17H20ClN. The maximum absolute atomic E-state index is 6.25. The number of aryl methyl sites for hydroxylation is 2. The van der Waals surface area contributed by atoms with Crippen molar-refractivity contribution in [2.24, 2.45) is 0 Å². The highest BCUT2D eigenvalue weighted by molar-refractivity contribution is 6.31. The number of benzene rings is 2. The molecule has 0 unspecified atom stereocenters. The van der Waals surface area contributed by atoms with E-state index >= 15 is 0 Å². The van der Waals surface area contributed by atoms with E-state index in [1.807, 2.05) is 6.07 Å². The fourth-order valence-electron chi connectivity index (χ4n) is 2.24. The maximum Gasteiger partial charge on any atom is 0.0453 e. The van der Waals surface area contributed by atoms with Crippen LogP contribution >= 0.6 is 11.6 Å². The summed E-state index contributed by atoms with van der Waals surface area (Å²) in [4.78, 5) is 0. The van der Waals surface area contributed by atoms with Crippen molar-refractivity contribution < 1.29 is 0 Å². The molecule has 2 aromatic rings. The minimum absolute atomic E-state index is 0.318. The fourth-order valence-corrected chi connectivity index (χ4v) is 2.54. The summed E-state index contributed by atoms with van der Waals surface area (Å²) in [5.41, 5.74) is 5.00. The second-order valence-corrected chi connectivity index (χ2v) is 5.46. The molecule has 2 heteroatoms. The summed E-state index contributed by atoms with van der Waals surface area (Å²) in [6.45, 7) is 7.17. The molecule has 0 aliphatic rings. The summed E-state index contributed by atoms with van der Waals surface area (Å²) >= 11 is 6.25. The Balaban J connectivity index is 2.04. The third-order valence-corrected chi connectivity index (χ3v) is 3.81. The molecule has 1 nitrogen and oxygen atoms in total. The van der Waals surface area contributed by atoms with Crippen LogP contribution in [0.2, 0.25) is 5.02 Å². The van der Waals surface area contributed by atoms with Crippen LogP contribution in [0.4, 0.5) is 0 Å². The van der Waals surface area contributed by atoms with Crippen molar-refractivity contribution in [3.8, 4) is 0 Å². The lowest BCUT2D eigenvalue weighted by atomic mass is 10.0. The van der Waals surface area contributed by atoms with Gasteiger partial charge in [0.15, 0.2) is 0 Å². The van der Waals surface area contributed by atoms with Gasteiger partial charge in [0.25, 0.3) is 0 Å². The molecule has 0 aliphatic heterocycles. The second-order valence-electron chi connectivity index (χ2n) is 5.05. The van der Waals surface area contributed by atoms with Crippen molar-refractivity contribution in [1.29, 1.82) is 0 Å². The SMILES string of the molecule is Cc1ccc(CN[C@@H](C)c2ccccc2C)c(Cl)c1. The Morgan fingerprint density at radius 3 is 2.53 bits per heavy atom. The molecule has 0 amide bonds. The van der Waals surface area contributed by atoms with Gasteiger partial charge in [0.05, 0.1) is 0 Å². The molecule has 0 aromatic heterocycles. The lowest BCUT2D eigenvalue weighted by molar-refractivity contribution is 0.572. The van der Waals surface area contributed by atoms with Crippen LogP contribution in [0.3, 0.4) is 0 Å². The minimum atomic E-state index is 0.318. The monoisotopic (exact) mass is 273 g/mol. The average molecular weight is 274 g/mol. The summed E-state index contributed by atoms with van der Waals surface area (Å²) in [5.74, 6) is 0. The van der Waals surface area contributed by atoms with Gasteiger partial charge in [0, 0.05) is 17.6 Å². The van der Waals surface area contributed by atoms with E-state index in [0.29, 0.717) is 6.04 Å². The van der Waals surface area contributed by atoms with Crippen LogP contribution in [0.5, 0.6) is 0 Å². The summed E-state index contributed by atoms with van der Waals surface area (Å²) in [7, 11) is 0. The number of nitrogens with one attached hydrogen (secondary N) is 1. The Morgan fingerprint density at radius 2 is 1.84 bits per heavy atom. The van der Waals surface area contributed by atoms with Gasteiger partial charge >= 0.3 is 0 Å². The van der Waals surface area contributed by atoms with E-state index in [9.17, 15) is 0 Å². The highest BCUT2D eigenvalue weighted by atomic mass is 35.5. The van der Waals surface area contributed by atoms with Gasteiger partial charge in [0.2, 0.25) is 0 Å². The molecule has 0 saturated carbocycles. The number of hydrogen-bond acceptors (Lipinski definition) is 1. The van der Waals surface area contributed by atoms with E-state index in [1.54, 1.807) is 0 Å². The zero-order valence-corrected chi connectivity index (χ0v) is 12.5. The standard InChI is InChI=1S/C17H20ClN/c1-12-8-9-15(17(18)10-12)11-19-14(3)16-7-5-4-6-13(16)2/h4-10,14,19H,11H2,1-3H3/t14-/m0/s1. The molecule has 1 atom stereocenters. The normalized spacial score (nSPS) is 12.4. The van der Waals surface area contributed by atoms with Crippen LogP contribution in [-0.2, 0) is 6.54 Å².